The van der Waals surface area contributed by atoms with E-state index in [4.69, 9.17) is 4.42 Å². The molecule has 0 aromatic carbocycles. The van der Waals surface area contributed by atoms with Gasteiger partial charge in [0.1, 0.15) is 5.76 Å². The van der Waals surface area contributed by atoms with Crippen molar-refractivity contribution in [3.8, 4) is 0 Å². The van der Waals surface area contributed by atoms with Crippen LogP contribution in [0.1, 0.15) is 31.6 Å². The van der Waals surface area contributed by atoms with Crippen LogP contribution in [0.25, 0.3) is 0 Å². The summed E-state index contributed by atoms with van der Waals surface area (Å²) in [5.41, 5.74) is 0. The molecule has 1 unspecified atom stereocenters. The molecule has 3 nitrogen and oxygen atoms in total. The van der Waals surface area contributed by atoms with Crippen molar-refractivity contribution < 1.29 is 4.42 Å². The first kappa shape index (κ1) is 11.7. The molecule has 1 aromatic heterocycles. The Bertz CT molecular complexity index is 289. The van der Waals surface area contributed by atoms with Crippen LogP contribution < -0.4 is 5.32 Å². The van der Waals surface area contributed by atoms with Gasteiger partial charge in [-0.15, -0.1) is 0 Å². The quantitative estimate of drug-likeness (QED) is 0.847. The smallest absolute Gasteiger partial charge is 0.122 e. The zero-order valence-corrected chi connectivity index (χ0v) is 10.3. The third-order valence-corrected chi connectivity index (χ3v) is 3.53. The van der Waals surface area contributed by atoms with Gasteiger partial charge >= 0.3 is 0 Å². The third-order valence-electron chi connectivity index (χ3n) is 3.53. The lowest BCUT2D eigenvalue weighted by atomic mass is 9.97. The highest BCUT2D eigenvalue weighted by molar-refractivity contribution is 5.06. The van der Waals surface area contributed by atoms with E-state index in [0.717, 1.165) is 18.2 Å². The predicted octanol–water partition coefficient (Wildman–Crippen LogP) is 2.27. The Morgan fingerprint density at radius 3 is 2.81 bits per heavy atom. The molecular formula is C13H22N2O. The van der Waals surface area contributed by atoms with E-state index >= 15 is 0 Å². The van der Waals surface area contributed by atoms with Gasteiger partial charge in [-0.25, -0.2) is 0 Å². The number of rotatable bonds is 4. The number of hydrogen-bond acceptors (Lipinski definition) is 3. The molecule has 2 rings (SSSR count). The lowest BCUT2D eigenvalue weighted by molar-refractivity contribution is 0.122. The fourth-order valence-corrected chi connectivity index (χ4v) is 2.42. The van der Waals surface area contributed by atoms with Gasteiger partial charge in [0.2, 0.25) is 0 Å². The minimum Gasteiger partial charge on any atom is -0.468 e. The van der Waals surface area contributed by atoms with Crippen molar-refractivity contribution in [2.45, 2.75) is 25.8 Å². The zero-order valence-electron chi connectivity index (χ0n) is 10.3. The molecule has 90 valence electrons. The number of furan rings is 1. The number of hydrogen-bond donors (Lipinski definition) is 1. The molecule has 1 saturated heterocycles. The van der Waals surface area contributed by atoms with Crippen LogP contribution in [0.5, 0.6) is 0 Å². The number of nitrogens with zero attached hydrogens (tertiary/aromatic N) is 1. The van der Waals surface area contributed by atoms with Crippen LogP contribution in [0.3, 0.4) is 0 Å². The average Bonchev–Trinajstić information content (AvgIpc) is 2.81. The largest absolute Gasteiger partial charge is 0.468 e. The molecule has 1 N–H and O–H groups in total. The van der Waals surface area contributed by atoms with Gasteiger partial charge in [0.05, 0.1) is 12.3 Å². The Hall–Kier alpha value is -0.800. The summed E-state index contributed by atoms with van der Waals surface area (Å²) in [6, 6.07) is 4.46. The highest BCUT2D eigenvalue weighted by Crippen LogP contribution is 2.26. The van der Waals surface area contributed by atoms with Crippen molar-refractivity contribution >= 4 is 0 Å². The molecule has 1 aromatic rings. The highest BCUT2D eigenvalue weighted by Gasteiger charge is 2.25. The molecule has 0 saturated carbocycles. The van der Waals surface area contributed by atoms with Crippen molar-refractivity contribution in [1.82, 2.24) is 10.2 Å². The van der Waals surface area contributed by atoms with Crippen LogP contribution in [0.15, 0.2) is 22.8 Å². The normalized spacial score (nSPS) is 21.1. The van der Waals surface area contributed by atoms with Crippen molar-refractivity contribution in [3.63, 3.8) is 0 Å². The molecule has 0 radical (unpaired) electrons. The highest BCUT2D eigenvalue weighted by atomic mass is 16.3. The molecule has 0 aliphatic carbocycles. The molecule has 1 aliphatic heterocycles. The average molecular weight is 222 g/mol. The van der Waals surface area contributed by atoms with E-state index in [2.05, 4.69) is 23.2 Å². The molecule has 1 atom stereocenters. The maximum absolute atomic E-state index is 5.55. The van der Waals surface area contributed by atoms with Gasteiger partial charge < -0.3 is 9.73 Å². The minimum atomic E-state index is 0.396. The maximum atomic E-state index is 5.55. The Morgan fingerprint density at radius 2 is 2.25 bits per heavy atom. The molecule has 1 aliphatic rings. The van der Waals surface area contributed by atoms with Gasteiger partial charge in [-0.3, -0.25) is 4.90 Å². The van der Waals surface area contributed by atoms with Gasteiger partial charge in [-0.1, -0.05) is 6.92 Å². The molecule has 3 heteroatoms. The Balaban J connectivity index is 2.02. The summed E-state index contributed by atoms with van der Waals surface area (Å²) in [5, 5.41) is 3.26. The zero-order chi connectivity index (χ0) is 11.4. The van der Waals surface area contributed by atoms with Crippen LogP contribution in [-0.2, 0) is 0 Å². The third kappa shape index (κ3) is 2.66. The molecule has 2 heterocycles. The molecule has 0 spiro atoms. The van der Waals surface area contributed by atoms with Crippen LogP contribution in [0.4, 0.5) is 0 Å². The fourth-order valence-electron chi connectivity index (χ4n) is 2.42. The molecule has 0 bridgehead atoms. The van der Waals surface area contributed by atoms with E-state index in [1.165, 1.54) is 25.9 Å². The molecule has 1 fully saturated rings. The first-order chi connectivity index (χ1) is 7.81. The standard InChI is InChI=1S/C13H22N2O/c1-11-5-7-15(8-6-11)12(10-14-2)13-4-3-9-16-13/h3-4,9,11-12,14H,5-8,10H2,1-2H3. The van der Waals surface area contributed by atoms with Crippen molar-refractivity contribution in [2.75, 3.05) is 26.7 Å². The monoisotopic (exact) mass is 222 g/mol. The number of piperidine rings is 1. The first-order valence-electron chi connectivity index (χ1n) is 6.23. The van der Waals surface area contributed by atoms with Crippen molar-refractivity contribution in [3.05, 3.63) is 24.2 Å². The van der Waals surface area contributed by atoms with Gasteiger partial charge in [0.25, 0.3) is 0 Å². The Morgan fingerprint density at radius 1 is 1.50 bits per heavy atom. The summed E-state index contributed by atoms with van der Waals surface area (Å²) in [7, 11) is 2.00. The second-order valence-electron chi connectivity index (χ2n) is 4.81. The molecule has 16 heavy (non-hydrogen) atoms. The van der Waals surface area contributed by atoms with Crippen molar-refractivity contribution in [2.24, 2.45) is 5.92 Å². The lowest BCUT2D eigenvalue weighted by Gasteiger charge is -2.35. The van der Waals surface area contributed by atoms with Crippen LogP contribution in [-0.4, -0.2) is 31.6 Å². The van der Waals surface area contributed by atoms with Gasteiger partial charge in [-0.05, 0) is 51.0 Å². The first-order valence-corrected chi connectivity index (χ1v) is 6.23. The molecular weight excluding hydrogens is 200 g/mol. The minimum absolute atomic E-state index is 0.396. The topological polar surface area (TPSA) is 28.4 Å². The summed E-state index contributed by atoms with van der Waals surface area (Å²) < 4.78 is 5.55. The van der Waals surface area contributed by atoms with E-state index in [1.54, 1.807) is 6.26 Å². The summed E-state index contributed by atoms with van der Waals surface area (Å²) in [4.78, 5) is 2.54. The van der Waals surface area contributed by atoms with E-state index < -0.39 is 0 Å². The lowest BCUT2D eigenvalue weighted by Crippen LogP contribution is -2.39. The predicted molar refractivity (Wildman–Crippen MR) is 65.3 cm³/mol. The van der Waals surface area contributed by atoms with E-state index in [-0.39, 0.29) is 0 Å². The SMILES string of the molecule is CNCC(c1ccco1)N1CCC(C)CC1. The summed E-state index contributed by atoms with van der Waals surface area (Å²) in [5.74, 6) is 1.96. The summed E-state index contributed by atoms with van der Waals surface area (Å²) >= 11 is 0. The summed E-state index contributed by atoms with van der Waals surface area (Å²) in [6.45, 7) is 5.68. The Labute approximate surface area is 97.8 Å². The van der Waals surface area contributed by atoms with Gasteiger partial charge in [0, 0.05) is 6.54 Å². The van der Waals surface area contributed by atoms with Gasteiger partial charge in [-0.2, -0.15) is 0 Å². The molecule has 0 amide bonds. The maximum Gasteiger partial charge on any atom is 0.122 e. The van der Waals surface area contributed by atoms with Gasteiger partial charge in [0.15, 0.2) is 0 Å². The Kier molecular flexibility index (Phi) is 4.02. The summed E-state index contributed by atoms with van der Waals surface area (Å²) in [6.07, 6.45) is 4.38. The van der Waals surface area contributed by atoms with Crippen molar-refractivity contribution in [1.29, 1.82) is 0 Å². The number of nitrogens with one attached hydrogen (secondary N) is 1. The fraction of sp³-hybridized carbons (Fsp3) is 0.692. The van der Waals surface area contributed by atoms with E-state index in [1.807, 2.05) is 13.1 Å². The van der Waals surface area contributed by atoms with Crippen LogP contribution in [0, 0.1) is 5.92 Å². The number of likely N-dealkylation sites (tertiary alicyclic amines) is 1. The van der Waals surface area contributed by atoms with E-state index in [0.29, 0.717) is 6.04 Å². The second-order valence-corrected chi connectivity index (χ2v) is 4.81. The van der Waals surface area contributed by atoms with Crippen LogP contribution >= 0.6 is 0 Å². The second kappa shape index (κ2) is 5.51. The number of likely N-dealkylation sites (N-methyl/N-ethyl adjacent to an activating group) is 1. The van der Waals surface area contributed by atoms with Crippen LogP contribution in [0.2, 0.25) is 0 Å². The van der Waals surface area contributed by atoms with E-state index in [9.17, 15) is 0 Å².